The van der Waals surface area contributed by atoms with Gasteiger partial charge in [-0.3, -0.25) is 4.79 Å². The summed E-state index contributed by atoms with van der Waals surface area (Å²) < 4.78 is 0.938. The fourth-order valence-corrected chi connectivity index (χ4v) is 3.28. The van der Waals surface area contributed by atoms with Gasteiger partial charge in [0.15, 0.2) is 0 Å². The monoisotopic (exact) mass is 320 g/mol. The van der Waals surface area contributed by atoms with Gasteiger partial charge >= 0.3 is 0 Å². The van der Waals surface area contributed by atoms with E-state index >= 15 is 0 Å². The van der Waals surface area contributed by atoms with Gasteiger partial charge in [-0.15, -0.1) is 0 Å². The number of benzene rings is 1. The Morgan fingerprint density at radius 2 is 2.26 bits per heavy atom. The van der Waals surface area contributed by atoms with Gasteiger partial charge in [0.2, 0.25) is 0 Å². The predicted molar refractivity (Wildman–Crippen MR) is 81.6 cm³/mol. The number of piperidine rings is 1. The average molecular weight is 321 g/mol. The number of halogens is 1. The Morgan fingerprint density at radius 3 is 3.05 bits per heavy atom. The van der Waals surface area contributed by atoms with E-state index in [1.54, 1.807) is 0 Å². The van der Waals surface area contributed by atoms with E-state index in [0.29, 0.717) is 5.92 Å². The van der Waals surface area contributed by atoms with E-state index in [9.17, 15) is 4.79 Å². The van der Waals surface area contributed by atoms with Crippen LogP contribution in [0.2, 0.25) is 0 Å². The van der Waals surface area contributed by atoms with Crippen LogP contribution >= 0.6 is 15.9 Å². The van der Waals surface area contributed by atoms with Crippen LogP contribution in [-0.4, -0.2) is 18.1 Å². The van der Waals surface area contributed by atoms with Crippen LogP contribution in [0.3, 0.4) is 0 Å². The number of para-hydroxylation sites is 1. The van der Waals surface area contributed by atoms with Crippen molar-refractivity contribution >= 4 is 26.8 Å². The average Bonchev–Trinajstić information content (AvgIpc) is 2.42. The topological polar surface area (TPSA) is 44.9 Å². The van der Waals surface area contributed by atoms with Crippen LogP contribution in [0.15, 0.2) is 33.5 Å². The Bertz CT molecular complexity index is 644. The van der Waals surface area contributed by atoms with Gasteiger partial charge in [-0.05, 0) is 71.7 Å². The molecule has 1 aromatic carbocycles. The van der Waals surface area contributed by atoms with Crippen molar-refractivity contribution in [2.75, 3.05) is 13.1 Å². The van der Waals surface area contributed by atoms with Crippen LogP contribution in [0.1, 0.15) is 18.4 Å². The van der Waals surface area contributed by atoms with E-state index in [-0.39, 0.29) is 5.56 Å². The summed E-state index contributed by atoms with van der Waals surface area (Å²) in [5, 5.41) is 4.49. The molecule has 100 valence electrons. The molecule has 0 aliphatic carbocycles. The zero-order valence-corrected chi connectivity index (χ0v) is 12.3. The molecule has 2 heterocycles. The second-order valence-corrected chi connectivity index (χ2v) is 6.10. The predicted octanol–water partition coefficient (Wildman–Crippen LogP) is 2.83. The molecule has 2 aromatic rings. The normalized spacial score (nSPS) is 19.7. The van der Waals surface area contributed by atoms with Crippen molar-refractivity contribution in [3.05, 3.63) is 44.7 Å². The number of H-pyrrole nitrogens is 1. The third-order valence-corrected chi connectivity index (χ3v) is 4.47. The molecule has 0 saturated carbocycles. The van der Waals surface area contributed by atoms with Gasteiger partial charge in [0.25, 0.3) is 5.56 Å². The van der Waals surface area contributed by atoms with Crippen LogP contribution in [-0.2, 0) is 6.42 Å². The van der Waals surface area contributed by atoms with Gasteiger partial charge in [0, 0.05) is 10.0 Å². The molecule has 0 bridgehead atoms. The number of aromatic amines is 1. The summed E-state index contributed by atoms with van der Waals surface area (Å²) in [6.45, 7) is 2.13. The number of fused-ring (bicyclic) bond motifs is 1. The molecule has 1 unspecified atom stereocenters. The lowest BCUT2D eigenvalue weighted by Crippen LogP contribution is -2.32. The third-order valence-electron chi connectivity index (χ3n) is 3.81. The number of aromatic nitrogens is 1. The Labute approximate surface area is 120 Å². The molecule has 3 rings (SSSR count). The third kappa shape index (κ3) is 2.74. The van der Waals surface area contributed by atoms with Crippen molar-refractivity contribution in [1.82, 2.24) is 10.3 Å². The number of hydrogen-bond donors (Lipinski definition) is 2. The molecular formula is C15H17BrN2O. The highest BCUT2D eigenvalue weighted by molar-refractivity contribution is 9.10. The molecule has 4 heteroatoms. The van der Waals surface area contributed by atoms with Crippen molar-refractivity contribution in [2.45, 2.75) is 19.3 Å². The highest BCUT2D eigenvalue weighted by Crippen LogP contribution is 2.22. The SMILES string of the molecule is O=c1[nH]c2c(Br)cccc2cc1CC1CCCNC1. The van der Waals surface area contributed by atoms with Crippen molar-refractivity contribution in [2.24, 2.45) is 5.92 Å². The maximum absolute atomic E-state index is 12.2. The molecule has 0 radical (unpaired) electrons. The maximum Gasteiger partial charge on any atom is 0.251 e. The molecule has 0 amide bonds. The van der Waals surface area contributed by atoms with Crippen LogP contribution in [0, 0.1) is 5.92 Å². The molecule has 1 aliphatic heterocycles. The summed E-state index contributed by atoms with van der Waals surface area (Å²) in [5.74, 6) is 0.583. The fourth-order valence-electron chi connectivity index (χ4n) is 2.80. The van der Waals surface area contributed by atoms with Crippen LogP contribution in [0.4, 0.5) is 0 Å². The Balaban J connectivity index is 1.95. The molecule has 19 heavy (non-hydrogen) atoms. The number of nitrogens with one attached hydrogen (secondary N) is 2. The fraction of sp³-hybridized carbons (Fsp3) is 0.400. The smallest absolute Gasteiger partial charge is 0.251 e. The first-order valence-corrected chi connectivity index (χ1v) is 7.54. The largest absolute Gasteiger partial charge is 0.321 e. The minimum Gasteiger partial charge on any atom is -0.321 e. The van der Waals surface area contributed by atoms with Gasteiger partial charge in [-0.1, -0.05) is 12.1 Å². The number of hydrogen-bond acceptors (Lipinski definition) is 2. The second-order valence-electron chi connectivity index (χ2n) is 5.24. The molecule has 0 spiro atoms. The summed E-state index contributed by atoms with van der Waals surface area (Å²) in [5.41, 5.74) is 1.84. The minimum atomic E-state index is 0.0463. The van der Waals surface area contributed by atoms with Crippen molar-refractivity contribution in [1.29, 1.82) is 0 Å². The molecule has 2 N–H and O–H groups in total. The molecule has 3 nitrogen and oxygen atoms in total. The molecular weight excluding hydrogens is 304 g/mol. The summed E-state index contributed by atoms with van der Waals surface area (Å²) >= 11 is 3.47. The first kappa shape index (κ1) is 12.9. The van der Waals surface area contributed by atoms with E-state index < -0.39 is 0 Å². The summed E-state index contributed by atoms with van der Waals surface area (Å²) in [6, 6.07) is 8.02. The number of pyridine rings is 1. The lowest BCUT2D eigenvalue weighted by Gasteiger charge is -2.22. The lowest BCUT2D eigenvalue weighted by atomic mass is 9.92. The number of rotatable bonds is 2. The molecule has 1 saturated heterocycles. The summed E-state index contributed by atoms with van der Waals surface area (Å²) in [6.07, 6.45) is 3.29. The van der Waals surface area contributed by atoms with E-state index in [4.69, 9.17) is 0 Å². The van der Waals surface area contributed by atoms with Crippen LogP contribution < -0.4 is 10.9 Å². The molecule has 1 aliphatic rings. The summed E-state index contributed by atoms with van der Waals surface area (Å²) in [4.78, 5) is 15.2. The van der Waals surface area contributed by atoms with Crippen molar-refractivity contribution in [3.8, 4) is 0 Å². The van der Waals surface area contributed by atoms with E-state index in [1.165, 1.54) is 12.8 Å². The first-order valence-electron chi connectivity index (χ1n) is 6.75. The van der Waals surface area contributed by atoms with Gasteiger partial charge < -0.3 is 10.3 Å². The Hall–Kier alpha value is -1.13. The summed E-state index contributed by atoms with van der Waals surface area (Å²) in [7, 11) is 0. The highest BCUT2D eigenvalue weighted by Gasteiger charge is 2.15. The molecule has 1 fully saturated rings. The standard InChI is InChI=1S/C15H17BrN2O/c16-13-5-1-4-11-8-12(15(19)18-14(11)13)7-10-3-2-6-17-9-10/h1,4-5,8,10,17H,2-3,6-7,9H2,(H,18,19). The zero-order chi connectivity index (χ0) is 13.2. The van der Waals surface area contributed by atoms with Gasteiger partial charge in [-0.25, -0.2) is 0 Å². The zero-order valence-electron chi connectivity index (χ0n) is 10.7. The molecule has 1 atom stereocenters. The lowest BCUT2D eigenvalue weighted by molar-refractivity contribution is 0.375. The van der Waals surface area contributed by atoms with Gasteiger partial charge in [0.05, 0.1) is 5.52 Å². The first-order chi connectivity index (χ1) is 9.24. The quantitative estimate of drug-likeness (QED) is 0.893. The van der Waals surface area contributed by atoms with Crippen molar-refractivity contribution in [3.63, 3.8) is 0 Å². The van der Waals surface area contributed by atoms with Crippen molar-refractivity contribution < 1.29 is 0 Å². The van der Waals surface area contributed by atoms with Gasteiger partial charge in [-0.2, -0.15) is 0 Å². The van der Waals surface area contributed by atoms with E-state index in [2.05, 4.69) is 26.2 Å². The maximum atomic E-state index is 12.2. The second kappa shape index (κ2) is 5.47. The van der Waals surface area contributed by atoms with Crippen LogP contribution in [0.25, 0.3) is 10.9 Å². The highest BCUT2D eigenvalue weighted by atomic mass is 79.9. The van der Waals surface area contributed by atoms with E-state index in [1.807, 2.05) is 24.3 Å². The molecule has 1 aromatic heterocycles. The van der Waals surface area contributed by atoms with Gasteiger partial charge in [0.1, 0.15) is 0 Å². The Morgan fingerprint density at radius 1 is 1.37 bits per heavy atom. The van der Waals surface area contributed by atoms with E-state index in [0.717, 1.165) is 40.4 Å². The Kier molecular flexibility index (Phi) is 3.71. The minimum absolute atomic E-state index is 0.0463. The van der Waals surface area contributed by atoms with Crippen LogP contribution in [0.5, 0.6) is 0 Å².